The van der Waals surface area contributed by atoms with Gasteiger partial charge >= 0.3 is 0 Å². The summed E-state index contributed by atoms with van der Waals surface area (Å²) in [5.74, 6) is 0.571. The van der Waals surface area contributed by atoms with Gasteiger partial charge in [0.2, 0.25) is 5.91 Å². The number of nitrogens with zero attached hydrogens (tertiary/aromatic N) is 4. The normalized spacial score (nSPS) is 11.5. The number of carbonyl (C=O) groups excluding carboxylic acids is 1. The van der Waals surface area contributed by atoms with Crippen molar-refractivity contribution in [2.24, 2.45) is 0 Å². The van der Waals surface area contributed by atoms with E-state index in [0.717, 1.165) is 16.9 Å². The van der Waals surface area contributed by atoms with Crippen LogP contribution in [-0.2, 0) is 4.79 Å². The Hall–Kier alpha value is -3.00. The summed E-state index contributed by atoms with van der Waals surface area (Å²) >= 11 is 1.28. The molecule has 8 heteroatoms. The lowest BCUT2D eigenvalue weighted by Gasteiger charge is -2.10. The molecule has 4 aromatic rings. The fourth-order valence-corrected chi connectivity index (χ4v) is 3.82. The molecule has 0 bridgehead atoms. The summed E-state index contributed by atoms with van der Waals surface area (Å²) in [6.45, 7) is 5.80. The Labute approximate surface area is 171 Å². The minimum atomic E-state index is -0.349. The highest BCUT2D eigenvalue weighted by molar-refractivity contribution is 8.00. The summed E-state index contributed by atoms with van der Waals surface area (Å²) in [7, 11) is 0. The van der Waals surface area contributed by atoms with E-state index in [-0.39, 0.29) is 23.4 Å². The largest absolute Gasteiger partial charge is 0.325 e. The number of nitrogens with one attached hydrogen (secondary N) is 1. The Kier molecular flexibility index (Phi) is 5.19. The Morgan fingerprint density at radius 1 is 1.21 bits per heavy atom. The van der Waals surface area contributed by atoms with Crippen molar-refractivity contribution in [1.29, 1.82) is 0 Å². The van der Waals surface area contributed by atoms with Gasteiger partial charge in [0.15, 0.2) is 5.65 Å². The second kappa shape index (κ2) is 7.79. The molecule has 0 aliphatic heterocycles. The second-order valence-corrected chi connectivity index (χ2v) is 8.04. The van der Waals surface area contributed by atoms with Crippen LogP contribution in [0.1, 0.15) is 31.2 Å². The van der Waals surface area contributed by atoms with E-state index >= 15 is 0 Å². The van der Waals surface area contributed by atoms with Crippen LogP contribution >= 0.6 is 11.8 Å². The first-order valence-corrected chi connectivity index (χ1v) is 10.2. The average molecular weight is 409 g/mol. The van der Waals surface area contributed by atoms with E-state index in [1.807, 2.05) is 28.7 Å². The molecule has 0 radical (unpaired) electrons. The van der Waals surface area contributed by atoms with Gasteiger partial charge in [-0.2, -0.15) is 0 Å². The van der Waals surface area contributed by atoms with E-state index in [1.54, 1.807) is 19.1 Å². The number of thioether (sulfide) groups is 1. The summed E-state index contributed by atoms with van der Waals surface area (Å²) in [5, 5.41) is 12.0. The standard InChI is InChI=1S/C21H20FN5OS/c1-12(2)19-25-26-20-21(24-16-6-4-5-7-17(16)27(19)20)29-11-18(28)23-14-9-8-13(3)15(22)10-14/h4-10,12H,11H2,1-3H3,(H,23,28). The average Bonchev–Trinajstić information content (AvgIpc) is 3.15. The molecule has 0 saturated carbocycles. The lowest BCUT2D eigenvalue weighted by Crippen LogP contribution is -2.14. The van der Waals surface area contributed by atoms with Gasteiger partial charge in [-0.3, -0.25) is 9.20 Å². The van der Waals surface area contributed by atoms with Gasteiger partial charge in [0.1, 0.15) is 16.7 Å². The molecular weight excluding hydrogens is 389 g/mol. The van der Waals surface area contributed by atoms with Gasteiger partial charge in [0.05, 0.1) is 16.8 Å². The summed E-state index contributed by atoms with van der Waals surface area (Å²) in [6.07, 6.45) is 0. The molecule has 0 atom stereocenters. The fraction of sp³-hybridized carbons (Fsp3) is 0.238. The molecule has 4 rings (SSSR count). The van der Waals surface area contributed by atoms with E-state index in [2.05, 4.69) is 34.3 Å². The molecule has 1 N–H and O–H groups in total. The molecule has 2 heterocycles. The number of aryl methyl sites for hydroxylation is 1. The highest BCUT2D eigenvalue weighted by Crippen LogP contribution is 2.27. The highest BCUT2D eigenvalue weighted by atomic mass is 32.2. The van der Waals surface area contributed by atoms with Gasteiger partial charge in [0, 0.05) is 11.6 Å². The van der Waals surface area contributed by atoms with Gasteiger partial charge in [0.25, 0.3) is 0 Å². The topological polar surface area (TPSA) is 72.2 Å². The van der Waals surface area contributed by atoms with Crippen molar-refractivity contribution < 1.29 is 9.18 Å². The quantitative estimate of drug-likeness (QED) is 0.489. The van der Waals surface area contributed by atoms with Crippen LogP contribution < -0.4 is 5.32 Å². The second-order valence-electron chi connectivity index (χ2n) is 7.08. The van der Waals surface area contributed by atoms with Crippen molar-refractivity contribution in [3.63, 3.8) is 0 Å². The summed E-state index contributed by atoms with van der Waals surface area (Å²) in [6, 6.07) is 12.4. The summed E-state index contributed by atoms with van der Waals surface area (Å²) < 4.78 is 15.7. The molecule has 0 aliphatic carbocycles. The molecule has 148 valence electrons. The Bertz CT molecular complexity index is 1220. The Morgan fingerprint density at radius 3 is 2.76 bits per heavy atom. The first kappa shape index (κ1) is 19.3. The number of amides is 1. The monoisotopic (exact) mass is 409 g/mol. The zero-order valence-electron chi connectivity index (χ0n) is 16.3. The number of carbonyl (C=O) groups is 1. The number of halogens is 1. The number of hydrogen-bond donors (Lipinski definition) is 1. The van der Waals surface area contributed by atoms with Crippen LogP contribution in [0.3, 0.4) is 0 Å². The summed E-state index contributed by atoms with van der Waals surface area (Å²) in [4.78, 5) is 17.1. The number of benzene rings is 2. The maximum atomic E-state index is 13.7. The van der Waals surface area contributed by atoms with Crippen LogP contribution in [0.4, 0.5) is 10.1 Å². The van der Waals surface area contributed by atoms with Crippen LogP contribution in [0.5, 0.6) is 0 Å². The molecule has 2 aromatic heterocycles. The zero-order valence-corrected chi connectivity index (χ0v) is 17.1. The molecule has 0 spiro atoms. The smallest absolute Gasteiger partial charge is 0.234 e. The molecule has 29 heavy (non-hydrogen) atoms. The molecule has 0 fully saturated rings. The number of hydrogen-bond acceptors (Lipinski definition) is 5. The number of anilines is 1. The van der Waals surface area contributed by atoms with E-state index in [0.29, 0.717) is 21.9 Å². The van der Waals surface area contributed by atoms with Crippen LogP contribution in [-0.4, -0.2) is 31.2 Å². The van der Waals surface area contributed by atoms with Crippen molar-refractivity contribution in [3.05, 3.63) is 59.7 Å². The van der Waals surface area contributed by atoms with E-state index in [9.17, 15) is 9.18 Å². The molecular formula is C21H20FN5OS. The van der Waals surface area contributed by atoms with E-state index in [4.69, 9.17) is 0 Å². The third kappa shape index (κ3) is 3.80. The van der Waals surface area contributed by atoms with E-state index in [1.165, 1.54) is 17.8 Å². The molecule has 0 unspecified atom stereocenters. The van der Waals surface area contributed by atoms with Crippen molar-refractivity contribution >= 4 is 40.0 Å². The van der Waals surface area contributed by atoms with Crippen LogP contribution in [0.25, 0.3) is 16.7 Å². The van der Waals surface area contributed by atoms with Gasteiger partial charge in [-0.1, -0.05) is 43.8 Å². The maximum Gasteiger partial charge on any atom is 0.234 e. The number of fused-ring (bicyclic) bond motifs is 3. The van der Waals surface area contributed by atoms with Crippen LogP contribution in [0.15, 0.2) is 47.5 Å². The van der Waals surface area contributed by atoms with Gasteiger partial charge < -0.3 is 5.32 Å². The number of para-hydroxylation sites is 2. The highest BCUT2D eigenvalue weighted by Gasteiger charge is 2.18. The SMILES string of the molecule is Cc1ccc(NC(=O)CSc2nc3ccccc3n3c(C(C)C)nnc23)cc1F. The van der Waals surface area contributed by atoms with Crippen LogP contribution in [0, 0.1) is 12.7 Å². The number of rotatable bonds is 5. The molecule has 2 aromatic carbocycles. The lowest BCUT2D eigenvalue weighted by molar-refractivity contribution is -0.113. The van der Waals surface area contributed by atoms with Gasteiger partial charge in [-0.05, 0) is 36.8 Å². The van der Waals surface area contributed by atoms with Crippen molar-refractivity contribution in [3.8, 4) is 0 Å². The minimum Gasteiger partial charge on any atom is -0.325 e. The first-order valence-electron chi connectivity index (χ1n) is 9.26. The summed E-state index contributed by atoms with van der Waals surface area (Å²) in [5.41, 5.74) is 3.34. The van der Waals surface area contributed by atoms with E-state index < -0.39 is 0 Å². The van der Waals surface area contributed by atoms with Gasteiger partial charge in [-0.25, -0.2) is 9.37 Å². The molecule has 0 saturated heterocycles. The predicted molar refractivity (Wildman–Crippen MR) is 113 cm³/mol. The third-order valence-corrected chi connectivity index (χ3v) is 5.49. The van der Waals surface area contributed by atoms with Gasteiger partial charge in [-0.15, -0.1) is 10.2 Å². The van der Waals surface area contributed by atoms with Crippen LogP contribution in [0.2, 0.25) is 0 Å². The Balaban J connectivity index is 1.61. The molecule has 1 amide bonds. The fourth-order valence-electron chi connectivity index (χ4n) is 3.05. The third-order valence-electron chi connectivity index (χ3n) is 4.54. The predicted octanol–water partition coefficient (Wildman–Crippen LogP) is 4.58. The Morgan fingerprint density at radius 2 is 2.00 bits per heavy atom. The minimum absolute atomic E-state index is 0.125. The van der Waals surface area contributed by atoms with Crippen molar-refractivity contribution in [1.82, 2.24) is 19.6 Å². The number of aromatic nitrogens is 4. The van der Waals surface area contributed by atoms with Crippen molar-refractivity contribution in [2.75, 3.05) is 11.1 Å². The molecule has 6 nitrogen and oxygen atoms in total. The lowest BCUT2D eigenvalue weighted by atomic mass is 10.2. The first-order chi connectivity index (χ1) is 13.9. The maximum absolute atomic E-state index is 13.7. The zero-order chi connectivity index (χ0) is 20.5. The van der Waals surface area contributed by atoms with Crippen molar-refractivity contribution in [2.45, 2.75) is 31.7 Å². The molecule has 0 aliphatic rings.